The maximum absolute atomic E-state index is 12.9. The molecule has 0 fully saturated rings. The zero-order chi connectivity index (χ0) is 23.5. The Bertz CT molecular complexity index is 1210. The maximum atomic E-state index is 12.9. The van der Waals surface area contributed by atoms with Gasteiger partial charge in [0.05, 0.1) is 20.8 Å². The van der Waals surface area contributed by atoms with E-state index in [-0.39, 0.29) is 21.6 Å². The van der Waals surface area contributed by atoms with E-state index in [2.05, 4.69) is 9.82 Å². The fourth-order valence-corrected chi connectivity index (χ4v) is 4.30. The Labute approximate surface area is 188 Å². The number of nitrogens with one attached hydrogen (secondary N) is 1. The summed E-state index contributed by atoms with van der Waals surface area (Å²) in [4.78, 5) is 12.6. The molecular formula is C23H27N3O5S. The molecule has 2 aromatic carbocycles. The summed E-state index contributed by atoms with van der Waals surface area (Å²) in [6, 6.07) is 11.4. The SMILES string of the molecule is COc1cc(C(=O)NS(=O)(=O)c2ccc(C(C)(C)C)cc2OC)ccc1Cn1cccn1. The van der Waals surface area contributed by atoms with Gasteiger partial charge in [-0.2, -0.15) is 5.10 Å². The number of aromatic nitrogens is 2. The van der Waals surface area contributed by atoms with Crippen LogP contribution in [0.5, 0.6) is 11.5 Å². The van der Waals surface area contributed by atoms with Crippen LogP contribution in [0.1, 0.15) is 42.3 Å². The Balaban J connectivity index is 1.86. The summed E-state index contributed by atoms with van der Waals surface area (Å²) in [7, 11) is -1.28. The summed E-state index contributed by atoms with van der Waals surface area (Å²) < 4.78 is 40.4. The number of nitrogens with zero attached hydrogens (tertiary/aromatic N) is 2. The number of methoxy groups -OCH3 is 2. The fourth-order valence-electron chi connectivity index (χ4n) is 3.18. The number of hydrogen-bond donors (Lipinski definition) is 1. The molecule has 3 rings (SSSR count). The van der Waals surface area contributed by atoms with Crippen LogP contribution in [-0.4, -0.2) is 38.3 Å². The first-order chi connectivity index (χ1) is 15.0. The second kappa shape index (κ2) is 9.04. The number of rotatable bonds is 7. The van der Waals surface area contributed by atoms with Gasteiger partial charge in [0.2, 0.25) is 0 Å². The predicted molar refractivity (Wildman–Crippen MR) is 121 cm³/mol. The van der Waals surface area contributed by atoms with Crippen molar-refractivity contribution < 1.29 is 22.7 Å². The Hall–Kier alpha value is -3.33. The van der Waals surface area contributed by atoms with E-state index in [1.54, 1.807) is 41.2 Å². The molecule has 1 N–H and O–H groups in total. The van der Waals surface area contributed by atoms with E-state index in [0.29, 0.717) is 12.3 Å². The van der Waals surface area contributed by atoms with Gasteiger partial charge in [0.15, 0.2) is 0 Å². The van der Waals surface area contributed by atoms with Gasteiger partial charge in [0, 0.05) is 23.5 Å². The van der Waals surface area contributed by atoms with Crippen LogP contribution in [-0.2, 0) is 22.0 Å². The third-order valence-electron chi connectivity index (χ3n) is 4.99. The molecule has 8 nitrogen and oxygen atoms in total. The van der Waals surface area contributed by atoms with Crippen molar-refractivity contribution in [1.82, 2.24) is 14.5 Å². The highest BCUT2D eigenvalue weighted by Gasteiger charge is 2.25. The fraction of sp³-hybridized carbons (Fsp3) is 0.304. The summed E-state index contributed by atoms with van der Waals surface area (Å²) >= 11 is 0. The first-order valence-corrected chi connectivity index (χ1v) is 11.4. The zero-order valence-corrected chi connectivity index (χ0v) is 19.6. The van der Waals surface area contributed by atoms with Gasteiger partial charge in [0.25, 0.3) is 15.9 Å². The lowest BCUT2D eigenvalue weighted by atomic mass is 9.87. The van der Waals surface area contributed by atoms with Crippen molar-refractivity contribution in [2.75, 3.05) is 14.2 Å². The average Bonchev–Trinajstić information content (AvgIpc) is 3.25. The summed E-state index contributed by atoms with van der Waals surface area (Å²) in [5.41, 5.74) is 1.68. The van der Waals surface area contributed by atoms with Crippen LogP contribution in [0, 0.1) is 0 Å². The highest BCUT2D eigenvalue weighted by Crippen LogP contribution is 2.31. The van der Waals surface area contributed by atoms with Gasteiger partial charge in [-0.3, -0.25) is 9.48 Å². The van der Waals surface area contributed by atoms with E-state index in [0.717, 1.165) is 11.1 Å². The van der Waals surface area contributed by atoms with Crippen LogP contribution in [0.15, 0.2) is 59.8 Å². The quantitative estimate of drug-likeness (QED) is 0.584. The molecule has 0 aliphatic rings. The van der Waals surface area contributed by atoms with Crippen LogP contribution in [0.3, 0.4) is 0 Å². The van der Waals surface area contributed by atoms with E-state index in [1.165, 1.54) is 26.4 Å². The minimum absolute atomic E-state index is 0.108. The van der Waals surface area contributed by atoms with Gasteiger partial charge in [-0.25, -0.2) is 13.1 Å². The second-order valence-corrected chi connectivity index (χ2v) is 9.93. The molecule has 9 heteroatoms. The number of sulfonamides is 1. The number of carbonyl (C=O) groups excluding carboxylic acids is 1. The van der Waals surface area contributed by atoms with Crippen molar-refractivity contribution in [3.8, 4) is 11.5 Å². The largest absolute Gasteiger partial charge is 0.496 e. The number of carbonyl (C=O) groups is 1. The Morgan fingerprint density at radius 3 is 2.38 bits per heavy atom. The molecule has 0 aliphatic heterocycles. The number of amides is 1. The molecule has 0 bridgehead atoms. The molecule has 0 spiro atoms. The Morgan fingerprint density at radius 1 is 1.06 bits per heavy atom. The lowest BCUT2D eigenvalue weighted by Gasteiger charge is -2.21. The minimum atomic E-state index is -4.16. The molecule has 170 valence electrons. The molecule has 0 saturated carbocycles. The summed E-state index contributed by atoms with van der Waals surface area (Å²) in [6.07, 6.45) is 3.48. The smallest absolute Gasteiger partial charge is 0.268 e. The standard InChI is InChI=1S/C23H27N3O5S/c1-23(2,3)18-9-10-21(20(14-18)31-5)32(28,29)25-22(27)16-7-8-17(19(13-16)30-4)15-26-12-6-11-24-26/h6-14H,15H2,1-5H3,(H,25,27). The van der Waals surface area contributed by atoms with Gasteiger partial charge >= 0.3 is 0 Å². The molecule has 1 amide bonds. The summed E-state index contributed by atoms with van der Waals surface area (Å²) in [6.45, 7) is 6.50. The van der Waals surface area contributed by atoms with Crippen molar-refractivity contribution in [2.24, 2.45) is 0 Å². The van der Waals surface area contributed by atoms with Crippen molar-refractivity contribution in [2.45, 2.75) is 37.6 Å². The summed E-state index contributed by atoms with van der Waals surface area (Å²) in [5.74, 6) is -0.140. The van der Waals surface area contributed by atoms with Crippen LogP contribution < -0.4 is 14.2 Å². The molecule has 0 aliphatic carbocycles. The summed E-state index contributed by atoms with van der Waals surface area (Å²) in [5, 5.41) is 4.15. The van der Waals surface area contributed by atoms with Crippen molar-refractivity contribution in [3.05, 3.63) is 71.5 Å². The Kier molecular flexibility index (Phi) is 6.59. The maximum Gasteiger partial charge on any atom is 0.268 e. The van der Waals surface area contributed by atoms with Gasteiger partial charge in [-0.05, 0) is 41.3 Å². The van der Waals surface area contributed by atoms with Crippen LogP contribution >= 0.6 is 0 Å². The monoisotopic (exact) mass is 457 g/mol. The lowest BCUT2D eigenvalue weighted by molar-refractivity contribution is 0.0981. The van der Waals surface area contributed by atoms with Gasteiger partial charge in [-0.15, -0.1) is 0 Å². The Morgan fingerprint density at radius 2 is 1.78 bits per heavy atom. The third kappa shape index (κ3) is 5.11. The van der Waals surface area contributed by atoms with Crippen molar-refractivity contribution in [3.63, 3.8) is 0 Å². The first kappa shape index (κ1) is 23.3. The normalized spacial score (nSPS) is 11.8. The molecule has 0 saturated heterocycles. The number of benzene rings is 2. The third-order valence-corrected chi connectivity index (χ3v) is 6.36. The predicted octanol–water partition coefficient (Wildman–Crippen LogP) is 3.36. The molecule has 32 heavy (non-hydrogen) atoms. The first-order valence-electron chi connectivity index (χ1n) is 9.95. The van der Waals surface area contributed by atoms with Gasteiger partial charge < -0.3 is 9.47 Å². The van der Waals surface area contributed by atoms with E-state index in [1.807, 2.05) is 27.0 Å². The van der Waals surface area contributed by atoms with E-state index in [9.17, 15) is 13.2 Å². The van der Waals surface area contributed by atoms with Gasteiger partial charge in [0.1, 0.15) is 16.4 Å². The van der Waals surface area contributed by atoms with Gasteiger partial charge in [-0.1, -0.05) is 32.9 Å². The zero-order valence-electron chi connectivity index (χ0n) is 18.7. The molecule has 0 atom stereocenters. The number of ether oxygens (including phenoxy) is 2. The molecular weight excluding hydrogens is 430 g/mol. The topological polar surface area (TPSA) is 99.5 Å². The van der Waals surface area contributed by atoms with Crippen LogP contribution in [0.4, 0.5) is 0 Å². The molecule has 0 unspecified atom stereocenters. The highest BCUT2D eigenvalue weighted by atomic mass is 32.2. The molecule has 1 heterocycles. The number of hydrogen-bond acceptors (Lipinski definition) is 6. The molecule has 3 aromatic rings. The van der Waals surface area contributed by atoms with E-state index >= 15 is 0 Å². The van der Waals surface area contributed by atoms with E-state index < -0.39 is 15.9 Å². The van der Waals surface area contributed by atoms with E-state index in [4.69, 9.17) is 9.47 Å². The average molecular weight is 458 g/mol. The van der Waals surface area contributed by atoms with Crippen LogP contribution in [0.2, 0.25) is 0 Å². The van der Waals surface area contributed by atoms with Crippen molar-refractivity contribution >= 4 is 15.9 Å². The highest BCUT2D eigenvalue weighted by molar-refractivity contribution is 7.90. The van der Waals surface area contributed by atoms with Crippen molar-refractivity contribution in [1.29, 1.82) is 0 Å². The molecule has 0 radical (unpaired) electrons. The second-order valence-electron chi connectivity index (χ2n) is 8.28. The minimum Gasteiger partial charge on any atom is -0.496 e. The molecule has 1 aromatic heterocycles. The van der Waals surface area contributed by atoms with Crippen LogP contribution in [0.25, 0.3) is 0 Å². The lowest BCUT2D eigenvalue weighted by Crippen LogP contribution is -2.31.